The Kier molecular flexibility index (Phi) is 2.30. The predicted octanol–water partition coefficient (Wildman–Crippen LogP) is -0.865. The molecule has 0 aromatic carbocycles. The molecule has 5 nitrogen and oxygen atoms in total. The summed E-state index contributed by atoms with van der Waals surface area (Å²) in [7, 11) is -1.94. The van der Waals surface area contributed by atoms with Gasteiger partial charge >= 0.3 is 7.32 Å². The molecular formula is C5H6BNO4. The van der Waals surface area contributed by atoms with Gasteiger partial charge in [-0.25, -0.2) is 4.98 Å². The maximum atomic E-state index is 8.90. The van der Waals surface area contributed by atoms with Crippen LogP contribution in [0.4, 0.5) is 0 Å². The van der Waals surface area contributed by atoms with Gasteiger partial charge in [-0.3, -0.25) is 0 Å². The number of hydrogen-bond donors (Lipinski definition) is 3. The smallest absolute Gasteiger partial charge is 0.508 e. The summed E-state index contributed by atoms with van der Waals surface area (Å²) in [5.74, 6) is -0.442. The Morgan fingerprint density at radius 1 is 1.45 bits per heavy atom. The summed E-state index contributed by atoms with van der Waals surface area (Å²) in [6.45, 7) is 0. The lowest BCUT2D eigenvalue weighted by molar-refractivity contribution is 0.279. The molecule has 1 aromatic rings. The summed E-state index contributed by atoms with van der Waals surface area (Å²) in [6.07, 6.45) is 1.35. The van der Waals surface area contributed by atoms with E-state index in [0.29, 0.717) is 0 Å². The van der Waals surface area contributed by atoms with E-state index in [1.165, 1.54) is 18.3 Å². The molecule has 0 atom stereocenters. The molecule has 0 aliphatic rings. The van der Waals surface area contributed by atoms with Gasteiger partial charge in [-0.2, -0.15) is 0 Å². The number of rotatable bonds is 2. The molecule has 1 aromatic heterocycles. The summed E-state index contributed by atoms with van der Waals surface area (Å²) in [5.41, 5.74) is 0. The fourth-order valence-electron chi connectivity index (χ4n) is 0.588. The molecule has 3 N–H and O–H groups in total. The molecule has 0 aliphatic heterocycles. The first-order chi connectivity index (χ1) is 5.20. The molecule has 0 amide bonds. The van der Waals surface area contributed by atoms with Crippen molar-refractivity contribution in [2.75, 3.05) is 0 Å². The number of pyridine rings is 1. The van der Waals surface area contributed by atoms with Gasteiger partial charge in [-0.15, -0.1) is 0 Å². The van der Waals surface area contributed by atoms with E-state index in [1.54, 1.807) is 0 Å². The minimum atomic E-state index is -1.94. The summed E-state index contributed by atoms with van der Waals surface area (Å²) >= 11 is 0. The maximum absolute atomic E-state index is 8.90. The molecule has 0 unspecified atom stereocenters. The molecule has 11 heavy (non-hydrogen) atoms. The predicted molar refractivity (Wildman–Crippen MR) is 36.7 cm³/mol. The Bertz CT molecular complexity index is 242. The Morgan fingerprint density at radius 3 is 2.73 bits per heavy atom. The van der Waals surface area contributed by atoms with E-state index >= 15 is 0 Å². The van der Waals surface area contributed by atoms with Crippen molar-refractivity contribution in [3.63, 3.8) is 0 Å². The molecule has 0 saturated heterocycles. The van der Waals surface area contributed by atoms with E-state index in [4.69, 9.17) is 15.2 Å². The SMILES string of the molecule is OB(O)Oc1cccnc1O. The standard InChI is InChI=1S/C5H6BNO4/c8-5-4(11-6(9)10)2-1-3-7-5/h1-3,9-10H,(H,7,8). The van der Waals surface area contributed by atoms with Crippen molar-refractivity contribution >= 4 is 7.32 Å². The number of hydrogen-bond acceptors (Lipinski definition) is 5. The van der Waals surface area contributed by atoms with Gasteiger partial charge in [-0.05, 0) is 12.1 Å². The molecule has 0 bridgehead atoms. The molecular weight excluding hydrogens is 149 g/mol. The van der Waals surface area contributed by atoms with Gasteiger partial charge in [0, 0.05) is 6.20 Å². The quantitative estimate of drug-likeness (QED) is 0.483. The van der Waals surface area contributed by atoms with Crippen molar-refractivity contribution in [1.82, 2.24) is 4.98 Å². The number of nitrogens with zero attached hydrogens (tertiary/aromatic N) is 1. The van der Waals surface area contributed by atoms with E-state index in [9.17, 15) is 0 Å². The molecule has 0 spiro atoms. The molecule has 58 valence electrons. The zero-order chi connectivity index (χ0) is 8.27. The van der Waals surface area contributed by atoms with Crippen LogP contribution in [-0.2, 0) is 0 Å². The third-order valence-electron chi connectivity index (χ3n) is 0.983. The fraction of sp³-hybridized carbons (Fsp3) is 0. The lowest BCUT2D eigenvalue weighted by atomic mass is 10.2. The monoisotopic (exact) mass is 155 g/mol. The van der Waals surface area contributed by atoms with Gasteiger partial charge < -0.3 is 19.8 Å². The van der Waals surface area contributed by atoms with Gasteiger partial charge in [-0.1, -0.05) is 0 Å². The molecule has 0 fully saturated rings. The van der Waals surface area contributed by atoms with Crippen LogP contribution in [0.5, 0.6) is 11.6 Å². The third kappa shape index (κ3) is 2.10. The van der Waals surface area contributed by atoms with Crippen LogP contribution in [-0.4, -0.2) is 27.5 Å². The van der Waals surface area contributed by atoms with E-state index in [0.717, 1.165) is 0 Å². The summed E-state index contributed by atoms with van der Waals surface area (Å²) < 4.78 is 4.34. The lowest BCUT2D eigenvalue weighted by Gasteiger charge is -2.03. The maximum Gasteiger partial charge on any atom is 0.707 e. The average molecular weight is 155 g/mol. The van der Waals surface area contributed by atoms with Crippen LogP contribution < -0.4 is 4.65 Å². The highest BCUT2D eigenvalue weighted by molar-refractivity contribution is 6.33. The largest absolute Gasteiger partial charge is 0.707 e. The number of aromatic nitrogens is 1. The average Bonchev–Trinajstić information content (AvgIpc) is 1.93. The summed E-state index contributed by atoms with van der Waals surface area (Å²) in [4.78, 5) is 3.44. The van der Waals surface area contributed by atoms with Gasteiger partial charge in [0.25, 0.3) is 5.88 Å². The van der Waals surface area contributed by atoms with Crippen molar-refractivity contribution in [2.24, 2.45) is 0 Å². The van der Waals surface area contributed by atoms with Crippen molar-refractivity contribution in [3.05, 3.63) is 18.3 Å². The number of aromatic hydroxyl groups is 1. The first-order valence-corrected chi connectivity index (χ1v) is 2.87. The van der Waals surface area contributed by atoms with Crippen LogP contribution in [0.15, 0.2) is 18.3 Å². The molecule has 0 radical (unpaired) electrons. The zero-order valence-electron chi connectivity index (χ0n) is 5.51. The van der Waals surface area contributed by atoms with Crippen molar-refractivity contribution in [1.29, 1.82) is 0 Å². The fourth-order valence-corrected chi connectivity index (χ4v) is 0.588. The van der Waals surface area contributed by atoms with E-state index in [-0.39, 0.29) is 11.6 Å². The highest BCUT2D eigenvalue weighted by Gasteiger charge is 2.13. The second kappa shape index (κ2) is 3.22. The van der Waals surface area contributed by atoms with E-state index in [1.807, 2.05) is 0 Å². The highest BCUT2D eigenvalue weighted by Crippen LogP contribution is 2.20. The first kappa shape index (κ1) is 7.84. The molecule has 0 saturated carbocycles. The van der Waals surface area contributed by atoms with Crippen LogP contribution in [0, 0.1) is 0 Å². The van der Waals surface area contributed by atoms with E-state index < -0.39 is 7.32 Å². The van der Waals surface area contributed by atoms with Crippen LogP contribution in [0.25, 0.3) is 0 Å². The van der Waals surface area contributed by atoms with Crippen molar-refractivity contribution in [3.8, 4) is 11.6 Å². The summed E-state index contributed by atoms with van der Waals surface area (Å²) in [6, 6.07) is 2.86. The first-order valence-electron chi connectivity index (χ1n) is 2.87. The topological polar surface area (TPSA) is 82.8 Å². The zero-order valence-corrected chi connectivity index (χ0v) is 5.51. The minimum absolute atomic E-state index is 0.0671. The van der Waals surface area contributed by atoms with Gasteiger partial charge in [0.05, 0.1) is 0 Å². The van der Waals surface area contributed by atoms with Crippen molar-refractivity contribution < 1.29 is 19.8 Å². The minimum Gasteiger partial charge on any atom is -0.508 e. The third-order valence-corrected chi connectivity index (χ3v) is 0.983. The molecule has 0 aliphatic carbocycles. The lowest BCUT2D eigenvalue weighted by Crippen LogP contribution is -2.20. The van der Waals surface area contributed by atoms with Crippen LogP contribution in [0.1, 0.15) is 0 Å². The summed E-state index contributed by atoms with van der Waals surface area (Å²) in [5, 5.41) is 25.6. The Balaban J connectivity index is 2.78. The Hall–Kier alpha value is -1.27. The molecule has 6 heteroatoms. The second-order valence-corrected chi connectivity index (χ2v) is 1.77. The Morgan fingerprint density at radius 2 is 2.18 bits per heavy atom. The van der Waals surface area contributed by atoms with Crippen LogP contribution >= 0.6 is 0 Å². The van der Waals surface area contributed by atoms with Crippen LogP contribution in [0.3, 0.4) is 0 Å². The second-order valence-electron chi connectivity index (χ2n) is 1.77. The van der Waals surface area contributed by atoms with Crippen molar-refractivity contribution in [2.45, 2.75) is 0 Å². The van der Waals surface area contributed by atoms with Gasteiger partial charge in [0.2, 0.25) is 0 Å². The van der Waals surface area contributed by atoms with Gasteiger partial charge in [0.1, 0.15) is 0 Å². The van der Waals surface area contributed by atoms with E-state index in [2.05, 4.69) is 9.64 Å². The Labute approximate surface area is 63.1 Å². The highest BCUT2D eigenvalue weighted by atomic mass is 16.6. The van der Waals surface area contributed by atoms with Crippen LogP contribution in [0.2, 0.25) is 0 Å². The normalized spacial score (nSPS) is 9.27. The molecule has 1 rings (SSSR count). The van der Waals surface area contributed by atoms with Gasteiger partial charge in [0.15, 0.2) is 5.75 Å². The molecule has 1 heterocycles.